The van der Waals surface area contributed by atoms with Crippen LogP contribution in [0.15, 0.2) is 41.3 Å². The van der Waals surface area contributed by atoms with Gasteiger partial charge in [0.2, 0.25) is 0 Å². The fourth-order valence-corrected chi connectivity index (χ4v) is 1.76. The van der Waals surface area contributed by atoms with Crippen molar-refractivity contribution in [1.82, 2.24) is 4.57 Å². The summed E-state index contributed by atoms with van der Waals surface area (Å²) in [5.41, 5.74) is -0.304. The molecule has 2 rings (SSSR count). The van der Waals surface area contributed by atoms with E-state index < -0.39 is 17.3 Å². The molecule has 0 spiro atoms. The van der Waals surface area contributed by atoms with Gasteiger partial charge in [-0.2, -0.15) is 0 Å². The van der Waals surface area contributed by atoms with Crippen molar-refractivity contribution in [3.05, 3.63) is 68.8 Å². The Morgan fingerprint density at radius 3 is 2.63 bits per heavy atom. The molecule has 4 nitrogen and oxygen atoms in total. The first-order chi connectivity index (χ1) is 8.97. The smallest absolute Gasteiger partial charge is 0.335 e. The minimum absolute atomic E-state index is 0.0156. The number of hydrogen-bond donors (Lipinski definition) is 1. The predicted octanol–water partition coefficient (Wildman–Crippen LogP) is 2.39. The van der Waals surface area contributed by atoms with Crippen molar-refractivity contribution in [2.75, 3.05) is 0 Å². The third-order valence-electron chi connectivity index (χ3n) is 2.60. The number of hydrogen-bond acceptors (Lipinski definition) is 2. The van der Waals surface area contributed by atoms with Crippen molar-refractivity contribution in [3.8, 4) is 0 Å². The number of rotatable bonds is 3. The van der Waals surface area contributed by atoms with Gasteiger partial charge in [0.15, 0.2) is 0 Å². The Hall–Kier alpha value is -2.14. The molecule has 1 heterocycles. The molecule has 0 aliphatic heterocycles. The standard InChI is InChI=1S/C13H9ClFNO3/c14-10-2-1-9(11(15)6-10)7-16-4-3-8(13(18)19)5-12(16)17/h1-6H,7H2,(H,18,19). The van der Waals surface area contributed by atoms with Gasteiger partial charge >= 0.3 is 5.97 Å². The summed E-state index contributed by atoms with van der Waals surface area (Å²) >= 11 is 5.63. The van der Waals surface area contributed by atoms with Gasteiger partial charge in [0.05, 0.1) is 12.1 Å². The number of carboxylic acid groups (broad SMARTS) is 1. The van der Waals surface area contributed by atoms with Crippen molar-refractivity contribution < 1.29 is 14.3 Å². The lowest BCUT2D eigenvalue weighted by Gasteiger charge is -2.07. The molecule has 0 fully saturated rings. The quantitative estimate of drug-likeness (QED) is 0.940. The highest BCUT2D eigenvalue weighted by Crippen LogP contribution is 2.15. The summed E-state index contributed by atoms with van der Waals surface area (Å²) in [5.74, 6) is -1.69. The van der Waals surface area contributed by atoms with E-state index in [1.807, 2.05) is 0 Å². The van der Waals surface area contributed by atoms with Crippen molar-refractivity contribution >= 4 is 17.6 Å². The zero-order valence-corrected chi connectivity index (χ0v) is 10.4. The van der Waals surface area contributed by atoms with Gasteiger partial charge in [-0.25, -0.2) is 9.18 Å². The van der Waals surface area contributed by atoms with E-state index in [9.17, 15) is 14.0 Å². The van der Waals surface area contributed by atoms with Gasteiger partial charge in [0.25, 0.3) is 5.56 Å². The van der Waals surface area contributed by atoms with Crippen LogP contribution < -0.4 is 5.56 Å². The van der Waals surface area contributed by atoms with Crippen LogP contribution >= 0.6 is 11.6 Å². The second-order valence-electron chi connectivity index (χ2n) is 3.92. The van der Waals surface area contributed by atoms with E-state index in [0.717, 1.165) is 12.1 Å². The summed E-state index contributed by atoms with van der Waals surface area (Å²) in [6.45, 7) is 0.0156. The molecule has 0 saturated heterocycles. The summed E-state index contributed by atoms with van der Waals surface area (Å²) < 4.78 is 14.8. The van der Waals surface area contributed by atoms with Crippen LogP contribution in [0.1, 0.15) is 15.9 Å². The lowest BCUT2D eigenvalue weighted by atomic mass is 10.2. The maximum Gasteiger partial charge on any atom is 0.335 e. The van der Waals surface area contributed by atoms with E-state index in [4.69, 9.17) is 16.7 Å². The highest BCUT2D eigenvalue weighted by Gasteiger charge is 2.08. The molecule has 2 aromatic rings. The van der Waals surface area contributed by atoms with Crippen LogP contribution in [-0.4, -0.2) is 15.6 Å². The molecule has 0 saturated carbocycles. The Kier molecular flexibility index (Phi) is 3.66. The first-order valence-corrected chi connectivity index (χ1v) is 5.73. The summed E-state index contributed by atoms with van der Waals surface area (Å²) in [4.78, 5) is 22.4. The molecule has 0 radical (unpaired) electrons. The molecule has 1 aromatic carbocycles. The van der Waals surface area contributed by atoms with Gasteiger partial charge < -0.3 is 9.67 Å². The van der Waals surface area contributed by atoms with Gasteiger partial charge in [-0.15, -0.1) is 0 Å². The average Bonchev–Trinajstić information content (AvgIpc) is 2.34. The number of pyridine rings is 1. The Bertz CT molecular complexity index is 697. The predicted molar refractivity (Wildman–Crippen MR) is 68.2 cm³/mol. The Morgan fingerprint density at radius 1 is 1.32 bits per heavy atom. The molecule has 1 aromatic heterocycles. The normalized spacial score (nSPS) is 10.4. The van der Waals surface area contributed by atoms with Crippen LogP contribution in [0.4, 0.5) is 4.39 Å². The fraction of sp³-hybridized carbons (Fsp3) is 0.0769. The van der Waals surface area contributed by atoms with E-state index in [1.54, 1.807) is 0 Å². The molecule has 0 aliphatic rings. The summed E-state index contributed by atoms with van der Waals surface area (Å²) in [5, 5.41) is 9.01. The van der Waals surface area contributed by atoms with Crippen LogP contribution in [0.5, 0.6) is 0 Å². The molecular formula is C13H9ClFNO3. The zero-order valence-electron chi connectivity index (χ0n) is 9.64. The highest BCUT2D eigenvalue weighted by molar-refractivity contribution is 6.30. The topological polar surface area (TPSA) is 59.3 Å². The number of aromatic nitrogens is 1. The summed E-state index contributed by atoms with van der Waals surface area (Å²) in [6, 6.07) is 6.45. The average molecular weight is 282 g/mol. The number of benzene rings is 1. The zero-order chi connectivity index (χ0) is 14.0. The lowest BCUT2D eigenvalue weighted by Crippen LogP contribution is -2.21. The van der Waals surface area contributed by atoms with Gasteiger partial charge in [-0.1, -0.05) is 17.7 Å². The number of nitrogens with zero attached hydrogens (tertiary/aromatic N) is 1. The van der Waals surface area contributed by atoms with Gasteiger partial charge in [0.1, 0.15) is 5.82 Å². The SMILES string of the molecule is O=C(O)c1ccn(Cc2ccc(Cl)cc2F)c(=O)c1. The van der Waals surface area contributed by atoms with Crippen LogP contribution in [0.3, 0.4) is 0 Å². The van der Waals surface area contributed by atoms with Gasteiger partial charge in [-0.3, -0.25) is 4.79 Å². The monoisotopic (exact) mass is 281 g/mol. The first-order valence-electron chi connectivity index (χ1n) is 5.35. The van der Waals surface area contributed by atoms with E-state index >= 15 is 0 Å². The summed E-state index contributed by atoms with van der Waals surface area (Å²) in [7, 11) is 0. The molecule has 0 atom stereocenters. The molecule has 6 heteroatoms. The van der Waals surface area contributed by atoms with Crippen LogP contribution in [0, 0.1) is 5.82 Å². The maximum absolute atomic E-state index is 13.6. The molecule has 0 unspecified atom stereocenters. The lowest BCUT2D eigenvalue weighted by molar-refractivity contribution is 0.0696. The number of carbonyl (C=O) groups is 1. The summed E-state index contributed by atoms with van der Waals surface area (Å²) in [6.07, 6.45) is 1.32. The first kappa shape index (κ1) is 13.3. The largest absolute Gasteiger partial charge is 0.478 e. The molecular weight excluding hydrogens is 273 g/mol. The minimum Gasteiger partial charge on any atom is -0.478 e. The molecule has 98 valence electrons. The van der Waals surface area contributed by atoms with Crippen molar-refractivity contribution in [2.24, 2.45) is 0 Å². The van der Waals surface area contributed by atoms with Crippen molar-refractivity contribution in [1.29, 1.82) is 0 Å². The fourth-order valence-electron chi connectivity index (χ4n) is 1.60. The second-order valence-corrected chi connectivity index (χ2v) is 4.36. The minimum atomic E-state index is -1.18. The third kappa shape index (κ3) is 3.00. The highest BCUT2D eigenvalue weighted by atomic mass is 35.5. The van der Waals surface area contributed by atoms with Crippen LogP contribution in [0.25, 0.3) is 0 Å². The Labute approximate surface area is 112 Å². The number of carboxylic acids is 1. The van der Waals surface area contributed by atoms with E-state index in [2.05, 4.69) is 0 Å². The van der Waals surface area contributed by atoms with Gasteiger partial charge in [0, 0.05) is 22.8 Å². The Morgan fingerprint density at radius 2 is 2.05 bits per heavy atom. The number of aromatic carboxylic acids is 1. The molecule has 0 bridgehead atoms. The second kappa shape index (κ2) is 5.24. The van der Waals surface area contributed by atoms with E-state index in [0.29, 0.717) is 5.56 Å². The van der Waals surface area contributed by atoms with Crippen molar-refractivity contribution in [2.45, 2.75) is 6.54 Å². The maximum atomic E-state index is 13.6. The van der Waals surface area contributed by atoms with Gasteiger partial charge in [-0.05, 0) is 18.2 Å². The van der Waals surface area contributed by atoms with Crippen LogP contribution in [-0.2, 0) is 6.54 Å². The Balaban J connectivity index is 2.34. The number of halogens is 2. The third-order valence-corrected chi connectivity index (χ3v) is 2.83. The van der Waals surface area contributed by atoms with E-state index in [1.165, 1.54) is 29.0 Å². The van der Waals surface area contributed by atoms with E-state index in [-0.39, 0.29) is 17.1 Å². The molecule has 1 N–H and O–H groups in total. The molecule has 19 heavy (non-hydrogen) atoms. The molecule has 0 amide bonds. The van der Waals surface area contributed by atoms with Crippen LogP contribution in [0.2, 0.25) is 5.02 Å². The molecule has 0 aliphatic carbocycles. The van der Waals surface area contributed by atoms with Crippen molar-refractivity contribution in [3.63, 3.8) is 0 Å².